The number of aromatic nitrogens is 1. The number of pyridine rings is 1. The fourth-order valence-corrected chi connectivity index (χ4v) is 2.81. The lowest BCUT2D eigenvalue weighted by Crippen LogP contribution is -2.28. The van der Waals surface area contributed by atoms with Crippen molar-refractivity contribution in [2.24, 2.45) is 5.92 Å². The molecule has 7 heteroatoms. The molecule has 0 saturated carbocycles. The van der Waals surface area contributed by atoms with Gasteiger partial charge >= 0.3 is 0 Å². The van der Waals surface area contributed by atoms with Crippen LogP contribution in [0.15, 0.2) is 42.7 Å². The molecule has 1 aliphatic heterocycles. The first-order valence-electron chi connectivity index (χ1n) is 7.85. The Hall–Kier alpha value is -3.09. The Labute approximate surface area is 145 Å². The summed E-state index contributed by atoms with van der Waals surface area (Å²) in [5, 5.41) is 2.79. The SMILES string of the molecule is COc1ccc(N2C[C@H](C(=O)Nc3cccnc3)CC2=O)cc1OC. The van der Waals surface area contributed by atoms with E-state index in [0.29, 0.717) is 29.4 Å². The summed E-state index contributed by atoms with van der Waals surface area (Å²) in [5.74, 6) is 0.420. The molecule has 1 fully saturated rings. The van der Waals surface area contributed by atoms with Crippen LogP contribution in [0.5, 0.6) is 11.5 Å². The molecule has 1 aromatic heterocycles. The van der Waals surface area contributed by atoms with E-state index in [1.54, 1.807) is 54.7 Å². The van der Waals surface area contributed by atoms with Crippen LogP contribution in [0.25, 0.3) is 0 Å². The number of nitrogens with zero attached hydrogens (tertiary/aromatic N) is 2. The van der Waals surface area contributed by atoms with E-state index in [4.69, 9.17) is 9.47 Å². The van der Waals surface area contributed by atoms with Crippen LogP contribution in [0.1, 0.15) is 6.42 Å². The molecule has 25 heavy (non-hydrogen) atoms. The Morgan fingerprint density at radius 3 is 2.72 bits per heavy atom. The molecule has 0 aliphatic carbocycles. The summed E-state index contributed by atoms with van der Waals surface area (Å²) < 4.78 is 10.5. The number of hydrogen-bond acceptors (Lipinski definition) is 5. The van der Waals surface area contributed by atoms with Crippen molar-refractivity contribution in [2.45, 2.75) is 6.42 Å². The molecule has 130 valence electrons. The van der Waals surface area contributed by atoms with Crippen LogP contribution in [0.2, 0.25) is 0 Å². The Bertz CT molecular complexity index is 779. The Morgan fingerprint density at radius 2 is 2.04 bits per heavy atom. The number of anilines is 2. The number of ether oxygens (including phenoxy) is 2. The van der Waals surface area contributed by atoms with Gasteiger partial charge in [-0.2, -0.15) is 0 Å². The lowest BCUT2D eigenvalue weighted by Gasteiger charge is -2.18. The second kappa shape index (κ2) is 7.21. The highest BCUT2D eigenvalue weighted by Gasteiger charge is 2.35. The van der Waals surface area contributed by atoms with Gasteiger partial charge < -0.3 is 19.7 Å². The second-order valence-corrected chi connectivity index (χ2v) is 5.68. The summed E-state index contributed by atoms with van der Waals surface area (Å²) in [5.41, 5.74) is 1.30. The average Bonchev–Trinajstić information content (AvgIpc) is 3.04. The van der Waals surface area contributed by atoms with Gasteiger partial charge in [0, 0.05) is 30.9 Å². The summed E-state index contributed by atoms with van der Waals surface area (Å²) in [6.07, 6.45) is 3.37. The molecule has 0 bridgehead atoms. The van der Waals surface area contributed by atoms with Crippen molar-refractivity contribution in [1.82, 2.24) is 4.98 Å². The summed E-state index contributed by atoms with van der Waals surface area (Å²) in [7, 11) is 3.09. The summed E-state index contributed by atoms with van der Waals surface area (Å²) in [4.78, 5) is 30.3. The van der Waals surface area contributed by atoms with E-state index in [9.17, 15) is 9.59 Å². The molecule has 1 atom stereocenters. The number of carbonyl (C=O) groups is 2. The van der Waals surface area contributed by atoms with Crippen LogP contribution >= 0.6 is 0 Å². The van der Waals surface area contributed by atoms with Crippen LogP contribution < -0.4 is 19.7 Å². The van der Waals surface area contributed by atoms with E-state index in [2.05, 4.69) is 10.3 Å². The molecule has 3 rings (SSSR count). The van der Waals surface area contributed by atoms with Crippen molar-refractivity contribution in [2.75, 3.05) is 31.0 Å². The zero-order valence-electron chi connectivity index (χ0n) is 14.1. The lowest BCUT2D eigenvalue weighted by molar-refractivity contribution is -0.122. The standard InChI is InChI=1S/C18H19N3O4/c1-24-15-6-5-14(9-16(15)25-2)21-11-12(8-17(21)22)18(23)20-13-4-3-7-19-10-13/h3-7,9-10,12H,8,11H2,1-2H3,(H,20,23)/t12-/m1/s1. The summed E-state index contributed by atoms with van der Waals surface area (Å²) in [6.45, 7) is 0.320. The fraction of sp³-hybridized carbons (Fsp3) is 0.278. The van der Waals surface area contributed by atoms with Crippen molar-refractivity contribution < 1.29 is 19.1 Å². The molecule has 1 aromatic carbocycles. The van der Waals surface area contributed by atoms with E-state index >= 15 is 0 Å². The first-order chi connectivity index (χ1) is 12.1. The van der Waals surface area contributed by atoms with Gasteiger partial charge in [-0.25, -0.2) is 0 Å². The highest BCUT2D eigenvalue weighted by Crippen LogP contribution is 2.34. The monoisotopic (exact) mass is 341 g/mol. The van der Waals surface area contributed by atoms with E-state index in [-0.39, 0.29) is 18.2 Å². The van der Waals surface area contributed by atoms with Crippen molar-refractivity contribution in [1.29, 1.82) is 0 Å². The number of amides is 2. The molecule has 1 saturated heterocycles. The smallest absolute Gasteiger partial charge is 0.229 e. The number of carbonyl (C=O) groups excluding carboxylic acids is 2. The highest BCUT2D eigenvalue weighted by molar-refractivity contribution is 6.03. The van der Waals surface area contributed by atoms with Crippen molar-refractivity contribution in [3.63, 3.8) is 0 Å². The molecular weight excluding hydrogens is 322 g/mol. The molecular formula is C18H19N3O4. The molecule has 0 spiro atoms. The first-order valence-corrected chi connectivity index (χ1v) is 7.85. The van der Waals surface area contributed by atoms with Crippen molar-refractivity contribution in [3.05, 3.63) is 42.7 Å². The van der Waals surface area contributed by atoms with E-state index in [0.717, 1.165) is 0 Å². The Balaban J connectivity index is 1.73. The molecule has 2 heterocycles. The van der Waals surface area contributed by atoms with Gasteiger partial charge in [-0.05, 0) is 24.3 Å². The third-order valence-electron chi connectivity index (χ3n) is 4.10. The molecule has 0 radical (unpaired) electrons. The third kappa shape index (κ3) is 3.55. The highest BCUT2D eigenvalue weighted by atomic mass is 16.5. The van der Waals surface area contributed by atoms with Gasteiger partial charge in [-0.15, -0.1) is 0 Å². The molecule has 1 N–H and O–H groups in total. The van der Waals surface area contributed by atoms with Crippen LogP contribution in [-0.2, 0) is 9.59 Å². The predicted molar refractivity (Wildman–Crippen MR) is 92.9 cm³/mol. The number of hydrogen-bond donors (Lipinski definition) is 1. The van der Waals surface area contributed by atoms with Crippen LogP contribution in [0.4, 0.5) is 11.4 Å². The van der Waals surface area contributed by atoms with Crippen LogP contribution in [0, 0.1) is 5.92 Å². The van der Waals surface area contributed by atoms with E-state index in [1.807, 2.05) is 0 Å². The van der Waals surface area contributed by atoms with Gasteiger partial charge in [0.05, 0.1) is 32.0 Å². The zero-order valence-corrected chi connectivity index (χ0v) is 14.1. The molecule has 2 amide bonds. The lowest BCUT2D eigenvalue weighted by atomic mass is 10.1. The molecule has 2 aromatic rings. The number of benzene rings is 1. The largest absolute Gasteiger partial charge is 0.493 e. The minimum absolute atomic E-state index is 0.0986. The number of methoxy groups -OCH3 is 2. The van der Waals surface area contributed by atoms with Gasteiger partial charge in [-0.1, -0.05) is 0 Å². The number of rotatable bonds is 5. The van der Waals surface area contributed by atoms with Gasteiger partial charge in [0.25, 0.3) is 0 Å². The van der Waals surface area contributed by atoms with Gasteiger partial charge in [0.15, 0.2) is 11.5 Å². The Morgan fingerprint density at radius 1 is 1.24 bits per heavy atom. The van der Waals surface area contributed by atoms with Gasteiger partial charge in [0.1, 0.15) is 0 Å². The maximum Gasteiger partial charge on any atom is 0.229 e. The van der Waals surface area contributed by atoms with Crippen LogP contribution in [0.3, 0.4) is 0 Å². The first kappa shape index (κ1) is 16.8. The third-order valence-corrected chi connectivity index (χ3v) is 4.10. The van der Waals surface area contributed by atoms with Gasteiger partial charge in [-0.3, -0.25) is 14.6 Å². The molecule has 7 nitrogen and oxygen atoms in total. The normalized spacial score (nSPS) is 16.6. The Kier molecular flexibility index (Phi) is 4.83. The maximum atomic E-state index is 12.4. The summed E-state index contributed by atoms with van der Waals surface area (Å²) in [6, 6.07) is 8.75. The van der Waals surface area contributed by atoms with E-state index in [1.165, 1.54) is 7.11 Å². The minimum Gasteiger partial charge on any atom is -0.493 e. The second-order valence-electron chi connectivity index (χ2n) is 5.68. The maximum absolute atomic E-state index is 12.4. The van der Waals surface area contributed by atoms with Crippen molar-refractivity contribution in [3.8, 4) is 11.5 Å². The molecule has 0 unspecified atom stereocenters. The number of nitrogens with one attached hydrogen (secondary N) is 1. The van der Waals surface area contributed by atoms with E-state index < -0.39 is 5.92 Å². The predicted octanol–water partition coefficient (Wildman–Crippen LogP) is 2.09. The molecule has 1 aliphatic rings. The zero-order chi connectivity index (χ0) is 17.8. The van der Waals surface area contributed by atoms with Gasteiger partial charge in [0.2, 0.25) is 11.8 Å². The quantitative estimate of drug-likeness (QED) is 0.901. The topological polar surface area (TPSA) is 80.8 Å². The average molecular weight is 341 g/mol. The minimum atomic E-state index is -0.416. The van der Waals surface area contributed by atoms with Crippen molar-refractivity contribution >= 4 is 23.2 Å². The van der Waals surface area contributed by atoms with Crippen LogP contribution in [-0.4, -0.2) is 37.6 Å². The fourth-order valence-electron chi connectivity index (χ4n) is 2.81. The summed E-state index contributed by atoms with van der Waals surface area (Å²) >= 11 is 0.